The largest absolute Gasteiger partial charge is 0.333 e. The van der Waals surface area contributed by atoms with E-state index in [4.69, 9.17) is 0 Å². The van der Waals surface area contributed by atoms with Gasteiger partial charge in [0.2, 0.25) is 0 Å². The van der Waals surface area contributed by atoms with Crippen LogP contribution in [-0.2, 0) is 0 Å². The number of amides is 2. The molecule has 2 N–H and O–H groups in total. The first-order valence-corrected chi connectivity index (χ1v) is 11.7. The van der Waals surface area contributed by atoms with Crippen molar-refractivity contribution >= 4 is 40.3 Å². The Morgan fingerprint density at radius 1 is 1.15 bits per heavy atom. The molecule has 3 heterocycles. The Morgan fingerprint density at radius 2 is 1.94 bits per heavy atom. The highest BCUT2D eigenvalue weighted by Crippen LogP contribution is 2.49. The van der Waals surface area contributed by atoms with Crippen LogP contribution in [0.5, 0.6) is 0 Å². The first-order chi connectivity index (χ1) is 16.0. The van der Waals surface area contributed by atoms with Gasteiger partial charge in [0.1, 0.15) is 11.7 Å². The molecule has 10 heteroatoms. The summed E-state index contributed by atoms with van der Waals surface area (Å²) in [5.74, 6) is -0.135. The second kappa shape index (κ2) is 8.62. The summed E-state index contributed by atoms with van der Waals surface area (Å²) in [7, 11) is 2.05. The van der Waals surface area contributed by atoms with E-state index >= 15 is 0 Å². The molecular weight excluding hydrogens is 440 g/mol. The van der Waals surface area contributed by atoms with E-state index in [9.17, 15) is 14.4 Å². The molecule has 1 atom stereocenters. The van der Waals surface area contributed by atoms with Crippen LogP contribution in [-0.4, -0.2) is 60.7 Å². The number of fused-ring (bicyclic) bond motifs is 3. The maximum atomic E-state index is 13.5. The van der Waals surface area contributed by atoms with E-state index < -0.39 is 6.04 Å². The second-order valence-electron chi connectivity index (χ2n) is 8.28. The Morgan fingerprint density at radius 3 is 2.70 bits per heavy atom. The quantitative estimate of drug-likeness (QED) is 0.656. The van der Waals surface area contributed by atoms with Gasteiger partial charge in [-0.25, -0.2) is 9.80 Å². The molecule has 0 spiro atoms. The number of rotatable bonds is 5. The standard InChI is InChI=1S/C23H24N6O3S/c1-3-15(30)16-7-8-17(33-16)21-19-20(25-26-21)13-5-4-6-14(18(13)22(19)31)24-23(32)27-29-11-9-28(2)10-12-29/h4-8,20H,3,9-12H2,1-2H3,(H2,24,27,32). The Labute approximate surface area is 195 Å². The SMILES string of the molecule is CCC(=O)c1ccc(C2=C3C(=O)c4c(NC(=O)NN5CCN(C)CC5)cccc4C3N=N2)s1. The van der Waals surface area contributed by atoms with Crippen molar-refractivity contribution in [2.24, 2.45) is 10.2 Å². The highest BCUT2D eigenvalue weighted by Gasteiger charge is 2.42. The number of anilines is 1. The first-order valence-electron chi connectivity index (χ1n) is 10.9. The van der Waals surface area contributed by atoms with Gasteiger partial charge in [0, 0.05) is 32.6 Å². The minimum Gasteiger partial charge on any atom is -0.306 e. The van der Waals surface area contributed by atoms with Gasteiger partial charge in [-0.3, -0.25) is 15.0 Å². The van der Waals surface area contributed by atoms with Gasteiger partial charge in [0.25, 0.3) is 0 Å². The summed E-state index contributed by atoms with van der Waals surface area (Å²) >= 11 is 1.32. The fourth-order valence-corrected chi connectivity index (χ4v) is 5.29. The van der Waals surface area contributed by atoms with Gasteiger partial charge in [-0.1, -0.05) is 19.1 Å². The van der Waals surface area contributed by atoms with Gasteiger partial charge < -0.3 is 10.2 Å². The number of thiophene rings is 1. The van der Waals surface area contributed by atoms with Gasteiger partial charge in [-0.2, -0.15) is 10.2 Å². The number of azo groups is 1. The topological polar surface area (TPSA) is 106 Å². The predicted octanol–water partition coefficient (Wildman–Crippen LogP) is 3.74. The van der Waals surface area contributed by atoms with Crippen LogP contribution in [0.1, 0.15) is 49.9 Å². The van der Waals surface area contributed by atoms with Crippen molar-refractivity contribution in [2.75, 3.05) is 38.5 Å². The third kappa shape index (κ3) is 3.90. The number of Topliss-reactive ketones (excluding diaryl/α,β-unsaturated/α-hetero) is 2. The number of nitrogens with one attached hydrogen (secondary N) is 2. The van der Waals surface area contributed by atoms with Crippen LogP contribution >= 0.6 is 11.3 Å². The van der Waals surface area contributed by atoms with Crippen LogP contribution in [0.4, 0.5) is 10.5 Å². The van der Waals surface area contributed by atoms with E-state index in [1.54, 1.807) is 18.2 Å². The molecule has 2 aromatic rings. The molecule has 0 saturated carbocycles. The summed E-state index contributed by atoms with van der Waals surface area (Å²) in [5.41, 5.74) is 5.49. The van der Waals surface area contributed by atoms with E-state index in [2.05, 4.69) is 25.9 Å². The molecule has 1 unspecified atom stereocenters. The molecule has 1 aliphatic carbocycles. The lowest BCUT2D eigenvalue weighted by Crippen LogP contribution is -2.53. The number of hydrogen-bond donors (Lipinski definition) is 2. The highest BCUT2D eigenvalue weighted by molar-refractivity contribution is 7.15. The van der Waals surface area contributed by atoms with E-state index in [1.165, 1.54) is 11.3 Å². The number of urea groups is 1. The maximum absolute atomic E-state index is 13.5. The van der Waals surface area contributed by atoms with E-state index in [0.717, 1.165) is 36.6 Å². The summed E-state index contributed by atoms with van der Waals surface area (Å²) in [6.45, 7) is 5.03. The summed E-state index contributed by atoms with van der Waals surface area (Å²) in [6, 6.07) is 8.09. The van der Waals surface area contributed by atoms with Crippen molar-refractivity contribution < 1.29 is 14.4 Å². The number of hydrazine groups is 1. The molecule has 1 fully saturated rings. The average molecular weight is 465 g/mol. The van der Waals surface area contributed by atoms with Crippen molar-refractivity contribution in [1.82, 2.24) is 15.3 Å². The average Bonchev–Trinajstić information content (AvgIpc) is 3.52. The molecule has 0 bridgehead atoms. The second-order valence-corrected chi connectivity index (χ2v) is 9.36. The molecule has 9 nitrogen and oxygen atoms in total. The summed E-state index contributed by atoms with van der Waals surface area (Å²) in [6.07, 6.45) is 0.422. The lowest BCUT2D eigenvalue weighted by atomic mass is 10.1. The Balaban J connectivity index is 1.39. The lowest BCUT2D eigenvalue weighted by Gasteiger charge is -2.32. The Hall–Kier alpha value is -3.21. The molecule has 33 heavy (non-hydrogen) atoms. The molecule has 2 aliphatic heterocycles. The number of ketones is 2. The number of likely N-dealkylation sites (N-methyl/N-ethyl adjacent to an activating group) is 1. The van der Waals surface area contributed by atoms with Crippen molar-refractivity contribution in [3.8, 4) is 0 Å². The monoisotopic (exact) mass is 464 g/mol. The van der Waals surface area contributed by atoms with Gasteiger partial charge in [-0.05, 0) is 30.8 Å². The minimum absolute atomic E-state index is 0.0576. The number of nitrogens with zero attached hydrogens (tertiary/aromatic N) is 4. The summed E-state index contributed by atoms with van der Waals surface area (Å²) in [4.78, 5) is 41.7. The molecule has 1 aromatic carbocycles. The van der Waals surface area contributed by atoms with E-state index in [-0.39, 0.29) is 17.6 Å². The summed E-state index contributed by atoms with van der Waals surface area (Å²) < 4.78 is 0. The maximum Gasteiger partial charge on any atom is 0.333 e. The molecular formula is C23H24N6O3S. The Bertz CT molecular complexity index is 1210. The lowest BCUT2D eigenvalue weighted by molar-refractivity contribution is 0.0990. The zero-order valence-corrected chi connectivity index (χ0v) is 19.2. The third-order valence-electron chi connectivity index (χ3n) is 6.11. The number of hydrogen-bond acceptors (Lipinski definition) is 8. The van der Waals surface area contributed by atoms with Crippen molar-refractivity contribution in [1.29, 1.82) is 0 Å². The number of carbonyl (C=O) groups is 3. The van der Waals surface area contributed by atoms with Crippen molar-refractivity contribution in [3.63, 3.8) is 0 Å². The van der Waals surface area contributed by atoms with Crippen LogP contribution in [0.2, 0.25) is 0 Å². The molecule has 1 saturated heterocycles. The van der Waals surface area contributed by atoms with E-state index in [1.807, 2.05) is 31.1 Å². The van der Waals surface area contributed by atoms with Crippen LogP contribution < -0.4 is 10.7 Å². The first kappa shape index (κ1) is 21.6. The summed E-state index contributed by atoms with van der Waals surface area (Å²) in [5, 5.41) is 13.3. The molecule has 1 aromatic heterocycles. The van der Waals surface area contributed by atoms with Crippen molar-refractivity contribution in [3.05, 3.63) is 56.8 Å². The zero-order chi connectivity index (χ0) is 23.1. The molecule has 2 amide bonds. The zero-order valence-electron chi connectivity index (χ0n) is 18.4. The number of benzene rings is 1. The molecule has 3 aliphatic rings. The number of piperazine rings is 1. The van der Waals surface area contributed by atoms with E-state index in [0.29, 0.717) is 33.8 Å². The van der Waals surface area contributed by atoms with Crippen LogP contribution in [0.25, 0.3) is 5.70 Å². The van der Waals surface area contributed by atoms with Gasteiger partial charge in [0.05, 0.1) is 26.6 Å². The smallest absolute Gasteiger partial charge is 0.306 e. The Kier molecular flexibility index (Phi) is 5.65. The van der Waals surface area contributed by atoms with Crippen molar-refractivity contribution in [2.45, 2.75) is 19.4 Å². The van der Waals surface area contributed by atoms with Gasteiger partial charge in [0.15, 0.2) is 11.6 Å². The van der Waals surface area contributed by atoms with Crippen LogP contribution in [0, 0.1) is 0 Å². The van der Waals surface area contributed by atoms with Gasteiger partial charge in [-0.15, -0.1) is 11.3 Å². The third-order valence-corrected chi connectivity index (χ3v) is 7.24. The molecule has 0 radical (unpaired) electrons. The predicted molar refractivity (Wildman–Crippen MR) is 125 cm³/mol. The molecule has 5 rings (SSSR count). The highest BCUT2D eigenvalue weighted by atomic mass is 32.1. The molecule has 170 valence electrons. The normalized spacial score (nSPS) is 20.2. The van der Waals surface area contributed by atoms with Gasteiger partial charge >= 0.3 is 6.03 Å². The number of carbonyl (C=O) groups excluding carboxylic acids is 3. The van der Waals surface area contributed by atoms with Crippen LogP contribution in [0.3, 0.4) is 0 Å². The minimum atomic E-state index is -0.489. The van der Waals surface area contributed by atoms with Crippen LogP contribution in [0.15, 0.2) is 46.1 Å². The fraction of sp³-hybridized carbons (Fsp3) is 0.348. The fourth-order valence-electron chi connectivity index (χ4n) is 4.28.